The summed E-state index contributed by atoms with van der Waals surface area (Å²) in [6, 6.07) is 13.1. The fraction of sp³-hybridized carbons (Fsp3) is 0.250. The number of thiazole rings is 1. The topological polar surface area (TPSA) is 71.1 Å². The summed E-state index contributed by atoms with van der Waals surface area (Å²) < 4.78 is 1.08. The van der Waals surface area contributed by atoms with Gasteiger partial charge in [0.15, 0.2) is 0 Å². The van der Waals surface area contributed by atoms with Crippen LogP contribution in [0, 0.1) is 0 Å². The monoisotopic (exact) mass is 367 g/mol. The van der Waals surface area contributed by atoms with Crippen molar-refractivity contribution in [3.63, 3.8) is 0 Å². The molecule has 0 bridgehead atoms. The normalized spacial score (nSPS) is 10.9. The Morgan fingerprint density at radius 2 is 1.73 bits per heavy atom. The van der Waals surface area contributed by atoms with Crippen LogP contribution in [0.1, 0.15) is 37.3 Å². The van der Waals surface area contributed by atoms with Crippen molar-refractivity contribution >= 4 is 44.7 Å². The van der Waals surface area contributed by atoms with Gasteiger partial charge in [0, 0.05) is 24.2 Å². The van der Waals surface area contributed by atoms with Gasteiger partial charge in [-0.25, -0.2) is 4.98 Å². The van der Waals surface area contributed by atoms with E-state index in [1.165, 1.54) is 6.92 Å². The zero-order chi connectivity index (χ0) is 18.7. The molecular weight excluding hydrogens is 346 g/mol. The molecule has 3 rings (SSSR count). The average Bonchev–Trinajstić information content (AvgIpc) is 3.00. The van der Waals surface area contributed by atoms with Gasteiger partial charge in [-0.05, 0) is 35.9 Å². The maximum atomic E-state index is 12.3. The van der Waals surface area contributed by atoms with Gasteiger partial charge < -0.3 is 10.6 Å². The van der Waals surface area contributed by atoms with Crippen LogP contribution in [0.4, 0.5) is 11.4 Å². The van der Waals surface area contributed by atoms with E-state index >= 15 is 0 Å². The van der Waals surface area contributed by atoms with Gasteiger partial charge in [0.05, 0.1) is 21.6 Å². The van der Waals surface area contributed by atoms with Crippen molar-refractivity contribution in [1.29, 1.82) is 0 Å². The van der Waals surface area contributed by atoms with Gasteiger partial charge in [-0.2, -0.15) is 0 Å². The second-order valence-electron chi connectivity index (χ2n) is 6.49. The maximum absolute atomic E-state index is 12.3. The lowest BCUT2D eigenvalue weighted by Crippen LogP contribution is -2.14. The van der Waals surface area contributed by atoms with Crippen LogP contribution in [0.3, 0.4) is 0 Å². The number of nitrogens with one attached hydrogen (secondary N) is 2. The predicted molar refractivity (Wildman–Crippen MR) is 107 cm³/mol. The molecular formula is C20H21N3O2S. The van der Waals surface area contributed by atoms with Crippen LogP contribution in [0.15, 0.2) is 42.5 Å². The lowest BCUT2D eigenvalue weighted by atomic mass is 10.1. The molecule has 0 saturated carbocycles. The van der Waals surface area contributed by atoms with Crippen LogP contribution >= 0.6 is 11.3 Å². The highest BCUT2D eigenvalue weighted by Crippen LogP contribution is 2.29. The lowest BCUT2D eigenvalue weighted by Gasteiger charge is -2.07. The Balaban J connectivity index is 1.65. The van der Waals surface area contributed by atoms with E-state index in [1.807, 2.05) is 30.3 Å². The third kappa shape index (κ3) is 4.46. The molecule has 0 aliphatic carbocycles. The van der Waals surface area contributed by atoms with Crippen LogP contribution in [0.5, 0.6) is 0 Å². The van der Waals surface area contributed by atoms with Crippen LogP contribution in [0.2, 0.25) is 0 Å². The summed E-state index contributed by atoms with van der Waals surface area (Å²) >= 11 is 1.66. The highest BCUT2D eigenvalue weighted by molar-refractivity contribution is 7.18. The number of nitrogens with zero attached hydrogens (tertiary/aromatic N) is 1. The second kappa shape index (κ2) is 7.66. The van der Waals surface area contributed by atoms with E-state index in [0.29, 0.717) is 5.92 Å². The summed E-state index contributed by atoms with van der Waals surface area (Å²) in [5.41, 5.74) is 3.34. The van der Waals surface area contributed by atoms with Gasteiger partial charge >= 0.3 is 0 Å². The van der Waals surface area contributed by atoms with Crippen molar-refractivity contribution in [1.82, 2.24) is 4.98 Å². The van der Waals surface area contributed by atoms with Crippen LogP contribution in [-0.2, 0) is 16.0 Å². The molecule has 0 atom stereocenters. The van der Waals surface area contributed by atoms with Crippen molar-refractivity contribution in [2.45, 2.75) is 33.1 Å². The minimum atomic E-state index is -0.116. The predicted octanol–water partition coefficient (Wildman–Crippen LogP) is 4.56. The molecule has 0 aliphatic heterocycles. The molecule has 1 aromatic heterocycles. The molecule has 134 valence electrons. The first-order valence-corrected chi connectivity index (χ1v) is 9.29. The van der Waals surface area contributed by atoms with E-state index in [4.69, 9.17) is 0 Å². The lowest BCUT2D eigenvalue weighted by molar-refractivity contribution is -0.116. The SMILES string of the molecule is CC(=O)Nc1ccc(CC(=O)Nc2ccc3nc(C(C)C)sc3c2)cc1. The average molecular weight is 367 g/mol. The van der Waals surface area contributed by atoms with E-state index in [2.05, 4.69) is 29.5 Å². The number of hydrogen-bond acceptors (Lipinski definition) is 4. The molecule has 0 radical (unpaired) electrons. The number of aromatic nitrogens is 1. The summed E-state index contributed by atoms with van der Waals surface area (Å²) in [6.07, 6.45) is 0.276. The zero-order valence-electron chi connectivity index (χ0n) is 15.0. The Morgan fingerprint density at radius 1 is 1.04 bits per heavy atom. The van der Waals surface area contributed by atoms with Crippen molar-refractivity contribution in [2.24, 2.45) is 0 Å². The minimum absolute atomic E-state index is 0.0785. The van der Waals surface area contributed by atoms with Gasteiger partial charge in [0.2, 0.25) is 11.8 Å². The zero-order valence-corrected chi connectivity index (χ0v) is 15.8. The summed E-state index contributed by atoms with van der Waals surface area (Å²) in [5, 5.41) is 6.75. The number of hydrogen-bond donors (Lipinski definition) is 2. The number of amides is 2. The minimum Gasteiger partial charge on any atom is -0.326 e. The molecule has 0 fully saturated rings. The molecule has 2 N–H and O–H groups in total. The Labute approximate surface area is 156 Å². The number of carbonyl (C=O) groups excluding carboxylic acids is 2. The first-order valence-electron chi connectivity index (χ1n) is 8.47. The molecule has 2 amide bonds. The molecule has 5 nitrogen and oxygen atoms in total. The van der Waals surface area contributed by atoms with E-state index in [9.17, 15) is 9.59 Å². The molecule has 2 aromatic carbocycles. The van der Waals surface area contributed by atoms with Gasteiger partial charge in [0.1, 0.15) is 0 Å². The summed E-state index contributed by atoms with van der Waals surface area (Å²) in [6.45, 7) is 5.71. The standard InChI is InChI=1S/C20H21N3O2S/c1-12(2)20-23-17-9-8-16(11-18(17)26-20)22-19(25)10-14-4-6-15(7-5-14)21-13(3)24/h4-9,11-12H,10H2,1-3H3,(H,21,24)(H,22,25). The van der Waals surface area contributed by atoms with Crippen LogP contribution < -0.4 is 10.6 Å². The van der Waals surface area contributed by atoms with Gasteiger partial charge in [-0.1, -0.05) is 26.0 Å². The van der Waals surface area contributed by atoms with Crippen molar-refractivity contribution in [3.8, 4) is 0 Å². The molecule has 1 heterocycles. The largest absolute Gasteiger partial charge is 0.326 e. The third-order valence-electron chi connectivity index (χ3n) is 3.82. The number of benzene rings is 2. The van der Waals surface area contributed by atoms with Crippen molar-refractivity contribution in [3.05, 3.63) is 53.0 Å². The molecule has 6 heteroatoms. The Morgan fingerprint density at radius 3 is 2.38 bits per heavy atom. The molecule has 3 aromatic rings. The second-order valence-corrected chi connectivity index (χ2v) is 7.55. The fourth-order valence-electron chi connectivity index (χ4n) is 2.57. The third-order valence-corrected chi connectivity index (χ3v) is 5.14. The van der Waals surface area contributed by atoms with E-state index in [1.54, 1.807) is 23.5 Å². The van der Waals surface area contributed by atoms with E-state index in [-0.39, 0.29) is 18.2 Å². The summed E-state index contributed by atoms with van der Waals surface area (Å²) in [7, 11) is 0. The number of anilines is 2. The van der Waals surface area contributed by atoms with Gasteiger partial charge in [-0.3, -0.25) is 9.59 Å². The molecule has 0 unspecified atom stereocenters. The first kappa shape index (κ1) is 18.1. The quantitative estimate of drug-likeness (QED) is 0.694. The van der Waals surface area contributed by atoms with E-state index in [0.717, 1.165) is 32.2 Å². The van der Waals surface area contributed by atoms with Crippen molar-refractivity contribution < 1.29 is 9.59 Å². The highest BCUT2D eigenvalue weighted by atomic mass is 32.1. The Bertz CT molecular complexity index is 945. The molecule has 0 aliphatic rings. The Hall–Kier alpha value is -2.73. The molecule has 0 spiro atoms. The highest BCUT2D eigenvalue weighted by Gasteiger charge is 2.09. The van der Waals surface area contributed by atoms with E-state index < -0.39 is 0 Å². The Kier molecular flexibility index (Phi) is 5.32. The summed E-state index contributed by atoms with van der Waals surface area (Å²) in [4.78, 5) is 27.9. The van der Waals surface area contributed by atoms with Crippen LogP contribution in [-0.4, -0.2) is 16.8 Å². The number of carbonyl (C=O) groups is 2. The van der Waals surface area contributed by atoms with Crippen molar-refractivity contribution in [2.75, 3.05) is 10.6 Å². The fourth-order valence-corrected chi connectivity index (χ4v) is 3.58. The van der Waals surface area contributed by atoms with Gasteiger partial charge in [0.25, 0.3) is 0 Å². The van der Waals surface area contributed by atoms with Crippen LogP contribution in [0.25, 0.3) is 10.2 Å². The number of rotatable bonds is 5. The number of fused-ring (bicyclic) bond motifs is 1. The molecule has 0 saturated heterocycles. The smallest absolute Gasteiger partial charge is 0.228 e. The van der Waals surface area contributed by atoms with Gasteiger partial charge in [-0.15, -0.1) is 11.3 Å². The maximum Gasteiger partial charge on any atom is 0.228 e. The first-order chi connectivity index (χ1) is 12.4. The molecule has 26 heavy (non-hydrogen) atoms. The summed E-state index contributed by atoms with van der Waals surface area (Å²) in [5.74, 6) is 0.200.